The van der Waals surface area contributed by atoms with Crippen molar-refractivity contribution in [3.8, 4) is 0 Å². The van der Waals surface area contributed by atoms with Crippen LogP contribution in [0.25, 0.3) is 0 Å². The molecule has 10 heteroatoms. The summed E-state index contributed by atoms with van der Waals surface area (Å²) in [6.07, 6.45) is -0.761. The molecule has 1 aromatic carbocycles. The number of halogens is 3. The zero-order valence-corrected chi connectivity index (χ0v) is 18.5. The summed E-state index contributed by atoms with van der Waals surface area (Å²) in [5.41, 5.74) is 0.669. The van der Waals surface area contributed by atoms with Crippen molar-refractivity contribution in [1.82, 2.24) is 19.7 Å². The predicted octanol–water partition coefficient (Wildman–Crippen LogP) is 3.78. The molecule has 3 aliphatic rings. The van der Waals surface area contributed by atoms with Crippen molar-refractivity contribution in [1.29, 1.82) is 0 Å². The molecule has 2 aliphatic heterocycles. The van der Waals surface area contributed by atoms with Crippen LogP contribution in [0.3, 0.4) is 0 Å². The molecule has 1 saturated carbocycles. The maximum atomic E-state index is 13.8. The van der Waals surface area contributed by atoms with Crippen molar-refractivity contribution in [2.75, 3.05) is 18.1 Å². The van der Waals surface area contributed by atoms with Crippen LogP contribution in [0.15, 0.2) is 36.7 Å². The molecule has 0 atom stereocenters. The predicted molar refractivity (Wildman–Crippen MR) is 115 cm³/mol. The third kappa shape index (κ3) is 3.39. The number of alkyl halides is 3. The highest BCUT2D eigenvalue weighted by molar-refractivity contribution is 6.10. The number of hydrogen-bond donors (Lipinski definition) is 0. The molecule has 4 heterocycles. The van der Waals surface area contributed by atoms with Crippen LogP contribution in [0.5, 0.6) is 0 Å². The Kier molecular flexibility index (Phi) is 4.61. The maximum Gasteiger partial charge on any atom is 0.433 e. The minimum absolute atomic E-state index is 0.00988. The second kappa shape index (κ2) is 7.36. The summed E-state index contributed by atoms with van der Waals surface area (Å²) in [6, 6.07) is 8.99. The zero-order chi connectivity index (χ0) is 23.7. The summed E-state index contributed by atoms with van der Waals surface area (Å²) in [6.45, 7) is 0.825. The number of rotatable bonds is 5. The first-order valence-corrected chi connectivity index (χ1v) is 11.2. The van der Waals surface area contributed by atoms with E-state index in [1.165, 1.54) is 4.90 Å². The van der Waals surface area contributed by atoms with Gasteiger partial charge in [-0.25, -0.2) is 4.98 Å². The van der Waals surface area contributed by atoms with E-state index >= 15 is 0 Å². The first-order valence-electron chi connectivity index (χ1n) is 11.2. The van der Waals surface area contributed by atoms with E-state index in [1.54, 1.807) is 18.5 Å². The molecular weight excluding hydrogens is 447 g/mol. The second-order valence-electron chi connectivity index (χ2n) is 9.44. The summed E-state index contributed by atoms with van der Waals surface area (Å²) < 4.78 is 48.9. The normalized spacial score (nSPS) is 19.3. The van der Waals surface area contributed by atoms with Gasteiger partial charge in [-0.3, -0.25) is 4.79 Å². The topological polar surface area (TPSA) is 73.1 Å². The number of amides is 1. The Balaban J connectivity index is 1.35. The monoisotopic (exact) mass is 469 g/mol. The summed E-state index contributed by atoms with van der Waals surface area (Å²) >= 11 is 0. The number of aromatic nitrogens is 4. The number of aryl methyl sites for hydroxylation is 1. The van der Waals surface area contributed by atoms with Gasteiger partial charge in [-0.15, -0.1) is 10.2 Å². The Morgan fingerprint density at radius 3 is 2.62 bits per heavy atom. The first kappa shape index (κ1) is 21.3. The van der Waals surface area contributed by atoms with E-state index in [0.717, 1.165) is 24.2 Å². The highest BCUT2D eigenvalue weighted by atomic mass is 19.4. The molecule has 1 saturated heterocycles. The molecule has 1 aliphatic carbocycles. The summed E-state index contributed by atoms with van der Waals surface area (Å²) in [5.74, 6) is 0.400. The summed E-state index contributed by atoms with van der Waals surface area (Å²) in [5, 5.41) is 8.13. The van der Waals surface area contributed by atoms with Gasteiger partial charge in [0.1, 0.15) is 12.2 Å². The lowest BCUT2D eigenvalue weighted by molar-refractivity contribution is -0.141. The van der Waals surface area contributed by atoms with Crippen LogP contribution in [-0.4, -0.2) is 38.9 Å². The van der Waals surface area contributed by atoms with Crippen LogP contribution >= 0.6 is 0 Å². The molecule has 0 unspecified atom stereocenters. The fraction of sp³-hybridized carbons (Fsp3) is 0.417. The molecule has 2 fully saturated rings. The number of ether oxygens (including phenoxy) is 1. The van der Waals surface area contributed by atoms with Crippen LogP contribution in [-0.2, 0) is 36.3 Å². The van der Waals surface area contributed by atoms with E-state index in [9.17, 15) is 18.0 Å². The van der Waals surface area contributed by atoms with Gasteiger partial charge < -0.3 is 14.2 Å². The van der Waals surface area contributed by atoms with Gasteiger partial charge in [0.2, 0.25) is 0 Å². The fourth-order valence-electron chi connectivity index (χ4n) is 4.84. The van der Waals surface area contributed by atoms with Crippen molar-refractivity contribution in [2.45, 2.75) is 43.3 Å². The molecule has 6 rings (SSSR count). The number of fused-ring (bicyclic) bond motifs is 1. The van der Waals surface area contributed by atoms with E-state index in [4.69, 9.17) is 4.74 Å². The third-order valence-corrected chi connectivity index (χ3v) is 7.03. The maximum absolute atomic E-state index is 13.8. The molecular formula is C24H22F3N5O2. The zero-order valence-electron chi connectivity index (χ0n) is 18.5. The fourth-order valence-corrected chi connectivity index (χ4v) is 4.84. The van der Waals surface area contributed by atoms with Gasteiger partial charge in [-0.05, 0) is 36.6 Å². The van der Waals surface area contributed by atoms with Gasteiger partial charge in [-0.2, -0.15) is 13.2 Å². The van der Waals surface area contributed by atoms with E-state index in [2.05, 4.69) is 15.2 Å². The van der Waals surface area contributed by atoms with Crippen LogP contribution in [0, 0.1) is 0 Å². The smallest absolute Gasteiger partial charge is 0.379 e. The Morgan fingerprint density at radius 1 is 1.21 bits per heavy atom. The van der Waals surface area contributed by atoms with E-state index in [1.807, 2.05) is 29.8 Å². The van der Waals surface area contributed by atoms with Crippen LogP contribution in [0.1, 0.15) is 57.5 Å². The molecule has 3 aromatic rings. The molecule has 34 heavy (non-hydrogen) atoms. The highest BCUT2D eigenvalue weighted by Crippen LogP contribution is 2.44. The first-order chi connectivity index (χ1) is 16.2. The number of benzene rings is 1. The summed E-state index contributed by atoms with van der Waals surface area (Å²) in [4.78, 5) is 18.6. The van der Waals surface area contributed by atoms with Crippen molar-refractivity contribution in [2.24, 2.45) is 7.05 Å². The minimum Gasteiger partial charge on any atom is -0.379 e. The molecule has 0 spiro atoms. The van der Waals surface area contributed by atoms with Crippen LogP contribution in [0.2, 0.25) is 0 Å². The second-order valence-corrected chi connectivity index (χ2v) is 9.44. The number of pyridine rings is 1. The van der Waals surface area contributed by atoms with Crippen LogP contribution < -0.4 is 4.90 Å². The van der Waals surface area contributed by atoms with Crippen molar-refractivity contribution in [3.05, 3.63) is 70.6 Å². The number of hydrogen-bond acceptors (Lipinski definition) is 5. The Morgan fingerprint density at radius 2 is 2.00 bits per heavy atom. The molecule has 2 aromatic heterocycles. The Bertz CT molecular complexity index is 1290. The number of nitrogens with zero attached hydrogens (tertiary/aromatic N) is 5. The van der Waals surface area contributed by atoms with Gasteiger partial charge in [0, 0.05) is 47.3 Å². The Labute approximate surface area is 193 Å². The van der Waals surface area contributed by atoms with Gasteiger partial charge in [0.15, 0.2) is 5.69 Å². The van der Waals surface area contributed by atoms with Crippen LogP contribution in [0.4, 0.5) is 18.9 Å². The van der Waals surface area contributed by atoms with Crippen molar-refractivity contribution >= 4 is 11.6 Å². The average molecular weight is 469 g/mol. The SMILES string of the molecule is Cn1cnnc1CC1(c2cccc(N3Cc4c(cc(C5CC5)nc4C(F)(F)F)C3=O)c2)COC1. The Hall–Kier alpha value is -3.27. The third-order valence-electron chi connectivity index (χ3n) is 7.03. The molecule has 0 N–H and O–H groups in total. The molecule has 176 valence electrons. The number of carbonyl (C=O) groups is 1. The lowest BCUT2D eigenvalue weighted by Crippen LogP contribution is -2.49. The average Bonchev–Trinajstić information content (AvgIpc) is 3.47. The van der Waals surface area contributed by atoms with Crippen molar-refractivity contribution in [3.63, 3.8) is 0 Å². The minimum atomic E-state index is -4.61. The highest BCUT2D eigenvalue weighted by Gasteiger charge is 2.45. The standard InChI is InChI=1S/C24H22F3N5O2/c1-31-13-28-30-20(31)9-23(11-34-12-23)15-3-2-4-16(7-15)32-10-18-17(22(32)33)8-19(14-5-6-14)29-21(18)24(25,26)27/h2-4,7-8,13-14H,5-6,9-12H2,1H3. The quantitative estimate of drug-likeness (QED) is 0.569. The van der Waals surface area contributed by atoms with Crippen molar-refractivity contribution < 1.29 is 22.7 Å². The lowest BCUT2D eigenvalue weighted by Gasteiger charge is -2.42. The largest absolute Gasteiger partial charge is 0.433 e. The molecule has 1 amide bonds. The number of carbonyl (C=O) groups excluding carboxylic acids is 1. The van der Waals surface area contributed by atoms with Gasteiger partial charge in [0.25, 0.3) is 5.91 Å². The van der Waals surface area contributed by atoms with Gasteiger partial charge in [-0.1, -0.05) is 12.1 Å². The lowest BCUT2D eigenvalue weighted by atomic mass is 9.75. The molecule has 7 nitrogen and oxygen atoms in total. The van der Waals surface area contributed by atoms with Gasteiger partial charge in [0.05, 0.1) is 19.8 Å². The van der Waals surface area contributed by atoms with Gasteiger partial charge >= 0.3 is 6.18 Å². The van der Waals surface area contributed by atoms with E-state index < -0.39 is 17.8 Å². The number of anilines is 1. The molecule has 0 radical (unpaired) electrons. The molecule has 0 bridgehead atoms. The van der Waals surface area contributed by atoms with E-state index in [-0.39, 0.29) is 29.0 Å². The summed E-state index contributed by atoms with van der Waals surface area (Å²) in [7, 11) is 1.88. The van der Waals surface area contributed by atoms with E-state index in [0.29, 0.717) is 31.0 Å².